The number of imidazole rings is 1. The molecular weight excluding hydrogens is 564 g/mol. The van der Waals surface area contributed by atoms with Gasteiger partial charge in [0.2, 0.25) is 5.91 Å². The van der Waals surface area contributed by atoms with E-state index in [1.807, 2.05) is 24.3 Å². The Morgan fingerprint density at radius 2 is 1.98 bits per heavy atom. The van der Waals surface area contributed by atoms with Crippen LogP contribution in [-0.4, -0.2) is 69.2 Å². The van der Waals surface area contributed by atoms with E-state index in [1.54, 1.807) is 7.11 Å². The first-order chi connectivity index (χ1) is 18.8. The molecule has 4 rings (SSSR count). The van der Waals surface area contributed by atoms with Gasteiger partial charge in [0.05, 0.1) is 17.6 Å². The monoisotopic (exact) mass is 593 g/mol. The van der Waals surface area contributed by atoms with Crippen LogP contribution in [0.5, 0.6) is 5.75 Å². The number of amides is 1. The fourth-order valence-corrected chi connectivity index (χ4v) is 4.66. The molecule has 0 saturated carbocycles. The number of nitrogens with zero attached hydrogens (tertiary/aromatic N) is 4. The minimum absolute atomic E-state index is 0. The number of aryl methyl sites for hydroxylation is 1. The average Bonchev–Trinajstić information content (AvgIpc) is 3.28. The molecular formula is C27H30Cl2FN5O5. The van der Waals surface area contributed by atoms with Crippen molar-refractivity contribution in [1.29, 1.82) is 0 Å². The first-order valence-corrected chi connectivity index (χ1v) is 12.8. The Balaban J connectivity index is 0.00000441. The fourth-order valence-electron chi connectivity index (χ4n) is 4.49. The summed E-state index contributed by atoms with van der Waals surface area (Å²) in [6.07, 6.45) is 1.11. The number of hydrogen-bond donors (Lipinski definition) is 2. The zero-order chi connectivity index (χ0) is 27.9. The molecule has 0 spiro atoms. The van der Waals surface area contributed by atoms with Gasteiger partial charge >= 0.3 is 5.97 Å². The molecule has 2 aromatic heterocycles. The first kappa shape index (κ1) is 30.9. The van der Waals surface area contributed by atoms with Crippen LogP contribution in [0.1, 0.15) is 17.8 Å². The van der Waals surface area contributed by atoms with Crippen molar-refractivity contribution in [2.75, 3.05) is 38.5 Å². The van der Waals surface area contributed by atoms with Crippen LogP contribution in [0.2, 0.25) is 0 Å². The van der Waals surface area contributed by atoms with Gasteiger partial charge in [-0.1, -0.05) is 18.2 Å². The number of carboxylic acid groups (broad SMARTS) is 1. The van der Waals surface area contributed by atoms with Crippen LogP contribution < -0.4 is 10.5 Å². The van der Waals surface area contributed by atoms with Gasteiger partial charge < -0.3 is 29.8 Å². The third-order valence-corrected chi connectivity index (χ3v) is 6.39. The molecule has 4 aromatic rings. The van der Waals surface area contributed by atoms with Gasteiger partial charge in [-0.15, -0.1) is 24.0 Å². The Kier molecular flexibility index (Phi) is 10.9. The maximum absolute atomic E-state index is 14.2. The normalized spacial score (nSPS) is 11.0. The second-order valence-electron chi connectivity index (χ2n) is 8.91. The number of carbonyl (C=O) groups is 2. The van der Waals surface area contributed by atoms with Crippen LogP contribution in [0.25, 0.3) is 21.9 Å². The van der Waals surface area contributed by atoms with Crippen molar-refractivity contribution in [3.05, 3.63) is 59.7 Å². The summed E-state index contributed by atoms with van der Waals surface area (Å²) >= 11 is 5.88. The number of alkyl halides is 1. The number of methoxy groups -OCH3 is 1. The fraction of sp³-hybridized carbons (Fsp3) is 0.333. The molecule has 0 aliphatic heterocycles. The Bertz CT molecular complexity index is 1500. The van der Waals surface area contributed by atoms with Crippen molar-refractivity contribution in [2.45, 2.75) is 25.9 Å². The Morgan fingerprint density at radius 3 is 2.70 bits per heavy atom. The van der Waals surface area contributed by atoms with Crippen molar-refractivity contribution < 1.29 is 28.6 Å². The predicted octanol–water partition coefficient (Wildman–Crippen LogP) is 4.04. The smallest absolute Gasteiger partial charge is 0.341 e. The summed E-state index contributed by atoms with van der Waals surface area (Å²) in [5.74, 6) is -1.14. The van der Waals surface area contributed by atoms with E-state index in [1.165, 1.54) is 17.0 Å². The van der Waals surface area contributed by atoms with E-state index < -0.39 is 18.4 Å². The van der Waals surface area contributed by atoms with Crippen LogP contribution in [0.4, 0.5) is 10.2 Å². The molecule has 0 unspecified atom stereocenters. The SMILES string of the molecule is COCCc1nc2c(N)nc3ccccc3c2n1CCCN(Cc1cc(F)cc(OCC(=O)O)c1)C(=O)CCl.Cl. The minimum atomic E-state index is -1.18. The highest BCUT2D eigenvalue weighted by Gasteiger charge is 2.19. The summed E-state index contributed by atoms with van der Waals surface area (Å²) in [6, 6.07) is 11.6. The average molecular weight is 594 g/mol. The van der Waals surface area contributed by atoms with E-state index in [0.717, 1.165) is 28.3 Å². The maximum Gasteiger partial charge on any atom is 0.341 e. The summed E-state index contributed by atoms with van der Waals surface area (Å²) in [5.41, 5.74) is 8.94. The van der Waals surface area contributed by atoms with Crippen LogP contribution in [0.3, 0.4) is 0 Å². The summed E-state index contributed by atoms with van der Waals surface area (Å²) in [6.45, 7) is 0.789. The summed E-state index contributed by atoms with van der Waals surface area (Å²) in [5, 5.41) is 9.75. The highest BCUT2D eigenvalue weighted by atomic mass is 35.5. The summed E-state index contributed by atoms with van der Waals surface area (Å²) < 4.78 is 26.7. The lowest BCUT2D eigenvalue weighted by atomic mass is 10.1. The van der Waals surface area contributed by atoms with Gasteiger partial charge in [0.1, 0.15) is 28.8 Å². The van der Waals surface area contributed by atoms with E-state index in [2.05, 4.69) is 9.55 Å². The number of nitrogen functional groups attached to an aromatic ring is 1. The zero-order valence-electron chi connectivity index (χ0n) is 21.8. The lowest BCUT2D eigenvalue weighted by Crippen LogP contribution is -2.33. The van der Waals surface area contributed by atoms with Crippen molar-refractivity contribution in [3.63, 3.8) is 0 Å². The number of pyridine rings is 1. The lowest BCUT2D eigenvalue weighted by Gasteiger charge is -2.23. The number of nitrogens with two attached hydrogens (primary N) is 1. The maximum atomic E-state index is 14.2. The zero-order valence-corrected chi connectivity index (χ0v) is 23.4. The van der Waals surface area contributed by atoms with Gasteiger partial charge in [-0.05, 0) is 30.2 Å². The van der Waals surface area contributed by atoms with Crippen molar-refractivity contribution >= 4 is 63.6 Å². The molecule has 0 bridgehead atoms. The number of carbonyl (C=O) groups excluding carboxylic acids is 1. The van der Waals surface area contributed by atoms with Crippen molar-refractivity contribution in [3.8, 4) is 5.75 Å². The molecule has 13 heteroatoms. The highest BCUT2D eigenvalue weighted by molar-refractivity contribution is 6.27. The predicted molar refractivity (Wildman–Crippen MR) is 153 cm³/mol. The van der Waals surface area contributed by atoms with E-state index >= 15 is 0 Å². The second-order valence-corrected chi connectivity index (χ2v) is 9.18. The topological polar surface area (TPSA) is 133 Å². The number of fused-ring (bicyclic) bond motifs is 3. The molecule has 0 aliphatic rings. The van der Waals surface area contributed by atoms with E-state index in [-0.39, 0.29) is 36.5 Å². The van der Waals surface area contributed by atoms with Gasteiger partial charge in [0.15, 0.2) is 12.4 Å². The van der Waals surface area contributed by atoms with Crippen molar-refractivity contribution in [1.82, 2.24) is 19.4 Å². The number of halogens is 3. The quantitative estimate of drug-likeness (QED) is 0.222. The molecule has 0 fully saturated rings. The third-order valence-electron chi connectivity index (χ3n) is 6.16. The second kappa shape index (κ2) is 14.1. The molecule has 0 aliphatic carbocycles. The number of ether oxygens (including phenoxy) is 2. The lowest BCUT2D eigenvalue weighted by molar-refractivity contribution is -0.139. The van der Waals surface area contributed by atoms with E-state index in [9.17, 15) is 14.0 Å². The molecule has 0 saturated heterocycles. The van der Waals surface area contributed by atoms with Crippen LogP contribution in [-0.2, 0) is 33.8 Å². The number of aromatic nitrogens is 3. The van der Waals surface area contributed by atoms with Gasteiger partial charge in [0.25, 0.3) is 0 Å². The molecule has 2 heterocycles. The minimum Gasteiger partial charge on any atom is -0.482 e. The third kappa shape index (κ3) is 7.29. The number of aliphatic carboxylic acids is 1. The molecule has 40 heavy (non-hydrogen) atoms. The van der Waals surface area contributed by atoms with Gasteiger partial charge in [-0.3, -0.25) is 4.79 Å². The summed E-state index contributed by atoms with van der Waals surface area (Å²) in [7, 11) is 1.62. The van der Waals surface area contributed by atoms with Gasteiger partial charge in [-0.2, -0.15) is 0 Å². The molecule has 10 nitrogen and oxygen atoms in total. The number of para-hydroxylation sites is 1. The highest BCUT2D eigenvalue weighted by Crippen LogP contribution is 2.29. The first-order valence-electron chi connectivity index (χ1n) is 12.3. The molecule has 0 radical (unpaired) electrons. The molecule has 3 N–H and O–H groups in total. The van der Waals surface area contributed by atoms with Crippen molar-refractivity contribution in [2.24, 2.45) is 0 Å². The largest absolute Gasteiger partial charge is 0.482 e. The number of carboxylic acids is 1. The number of benzene rings is 2. The standard InChI is InChI=1S/C27H29ClFN5O5.ClH/c1-38-10-7-22-32-25-26(20-5-2-3-6-21(20)31-27(25)30)34(22)9-4-8-33(23(35)14-28)15-17-11-18(29)13-19(12-17)39-16-24(36)37;/h2-3,5-6,11-13H,4,7-10,14-16H2,1H3,(H2,30,31)(H,36,37);1H. The molecule has 2 aromatic carbocycles. The Hall–Kier alpha value is -3.67. The van der Waals surface area contributed by atoms with Crippen LogP contribution in [0.15, 0.2) is 42.5 Å². The van der Waals surface area contributed by atoms with Gasteiger partial charge in [-0.25, -0.2) is 19.2 Å². The summed E-state index contributed by atoms with van der Waals surface area (Å²) in [4.78, 5) is 34.3. The molecule has 1 amide bonds. The number of hydrogen-bond acceptors (Lipinski definition) is 7. The van der Waals surface area contributed by atoms with Gasteiger partial charge in [0, 0.05) is 44.6 Å². The van der Waals surface area contributed by atoms with Crippen LogP contribution in [0, 0.1) is 5.82 Å². The van der Waals surface area contributed by atoms with E-state index in [0.29, 0.717) is 49.4 Å². The van der Waals surface area contributed by atoms with E-state index in [4.69, 9.17) is 36.9 Å². The number of anilines is 1. The van der Waals surface area contributed by atoms with Crippen LogP contribution >= 0.6 is 24.0 Å². The Morgan fingerprint density at radius 1 is 1.20 bits per heavy atom. The molecule has 0 atom stereocenters. The number of rotatable bonds is 13. The molecule has 214 valence electrons. The Labute approximate surface area is 241 Å².